The minimum absolute atomic E-state index is 0.295. The lowest BCUT2D eigenvalue weighted by atomic mass is 9.76. The highest BCUT2D eigenvalue weighted by Gasteiger charge is 2.37. The fourth-order valence-electron chi connectivity index (χ4n) is 5.08. The summed E-state index contributed by atoms with van der Waals surface area (Å²) in [4.78, 5) is 2.44. The third kappa shape index (κ3) is 3.85. The molecule has 0 amide bonds. The molecule has 0 saturated heterocycles. The van der Waals surface area contributed by atoms with Crippen LogP contribution in [0.25, 0.3) is 11.1 Å². The highest BCUT2D eigenvalue weighted by Crippen LogP contribution is 2.54. The molecular weight excluding hydrogens is 482 g/mol. The van der Waals surface area contributed by atoms with Gasteiger partial charge in [0.1, 0.15) is 6.61 Å². The fraction of sp³-hybridized carbons (Fsp3) is 0.333. The second-order valence-corrected chi connectivity index (χ2v) is 9.50. The smallest absolute Gasteiger partial charge is 0.168 e. The second-order valence-electron chi connectivity index (χ2n) is 8.59. The van der Waals surface area contributed by atoms with E-state index in [0.717, 1.165) is 63.5 Å². The van der Waals surface area contributed by atoms with Crippen LogP contribution in [0, 0.1) is 0 Å². The third-order valence-electron chi connectivity index (χ3n) is 6.77. The van der Waals surface area contributed by atoms with Crippen molar-refractivity contribution in [1.29, 1.82) is 0 Å². The number of likely N-dealkylation sites (N-methyl/N-ethyl adjacent to an activating group) is 1. The number of hydrogen-bond acceptors (Lipinski definition) is 5. The van der Waals surface area contributed by atoms with Crippen LogP contribution in [0.5, 0.6) is 23.0 Å². The number of hydrogen-bond donors (Lipinski definition) is 0. The normalized spacial score (nSPS) is 16.6. The summed E-state index contributed by atoms with van der Waals surface area (Å²) in [5, 5.41) is 0. The van der Waals surface area contributed by atoms with E-state index in [0.29, 0.717) is 12.6 Å². The molecule has 0 radical (unpaired) electrons. The number of methoxy groups -OCH3 is 3. The maximum atomic E-state index is 6.36. The molecule has 0 unspecified atom stereocenters. The van der Waals surface area contributed by atoms with Gasteiger partial charge in [-0.1, -0.05) is 28.1 Å². The van der Waals surface area contributed by atoms with Crippen LogP contribution in [-0.4, -0.2) is 39.8 Å². The van der Waals surface area contributed by atoms with E-state index in [1.807, 2.05) is 12.1 Å². The van der Waals surface area contributed by atoms with E-state index in [2.05, 4.69) is 58.2 Å². The third-order valence-corrected chi connectivity index (χ3v) is 7.30. The number of fused-ring (bicyclic) bond motifs is 2. The summed E-state index contributed by atoms with van der Waals surface area (Å²) in [6.07, 6.45) is 1.91. The minimum atomic E-state index is 0.295. The second kappa shape index (κ2) is 8.92. The topological polar surface area (TPSA) is 40.2 Å². The zero-order valence-electron chi connectivity index (χ0n) is 19.4. The number of ether oxygens (including phenoxy) is 4. The summed E-state index contributed by atoms with van der Waals surface area (Å²) < 4.78 is 24.7. The molecule has 3 aromatic rings. The lowest BCUT2D eigenvalue weighted by molar-refractivity contribution is 0.225. The lowest BCUT2D eigenvalue weighted by Crippen LogP contribution is -2.35. The van der Waals surface area contributed by atoms with Crippen molar-refractivity contribution in [3.63, 3.8) is 0 Å². The Morgan fingerprint density at radius 3 is 2.30 bits per heavy atom. The van der Waals surface area contributed by atoms with E-state index in [9.17, 15) is 0 Å². The quantitative estimate of drug-likeness (QED) is 0.419. The zero-order chi connectivity index (χ0) is 23.1. The van der Waals surface area contributed by atoms with Gasteiger partial charge in [-0.25, -0.2) is 0 Å². The molecule has 5 nitrogen and oxygen atoms in total. The van der Waals surface area contributed by atoms with Crippen LogP contribution in [0.1, 0.15) is 28.3 Å². The van der Waals surface area contributed by atoms with E-state index >= 15 is 0 Å². The van der Waals surface area contributed by atoms with Gasteiger partial charge in [0, 0.05) is 22.6 Å². The molecule has 0 N–H and O–H groups in total. The Kier molecular flexibility index (Phi) is 5.97. The average Bonchev–Trinajstić information content (AvgIpc) is 2.84. The molecule has 172 valence electrons. The van der Waals surface area contributed by atoms with Crippen molar-refractivity contribution in [2.45, 2.75) is 25.5 Å². The zero-order valence-corrected chi connectivity index (χ0v) is 21.0. The molecule has 0 fully saturated rings. The van der Waals surface area contributed by atoms with Gasteiger partial charge in [0.2, 0.25) is 0 Å². The molecular formula is C27H28BrNO4. The summed E-state index contributed by atoms with van der Waals surface area (Å²) in [7, 11) is 7.28. The van der Waals surface area contributed by atoms with Gasteiger partial charge in [-0.05, 0) is 78.0 Å². The predicted molar refractivity (Wildman–Crippen MR) is 133 cm³/mol. The van der Waals surface area contributed by atoms with Crippen molar-refractivity contribution < 1.29 is 18.9 Å². The van der Waals surface area contributed by atoms with E-state index in [4.69, 9.17) is 18.9 Å². The molecule has 1 aliphatic carbocycles. The molecule has 33 heavy (non-hydrogen) atoms. The lowest BCUT2D eigenvalue weighted by Gasteiger charge is -2.40. The summed E-state index contributed by atoms with van der Waals surface area (Å²) >= 11 is 3.49. The first-order chi connectivity index (χ1) is 16.0. The Balaban J connectivity index is 1.66. The van der Waals surface area contributed by atoms with E-state index in [1.54, 1.807) is 21.3 Å². The van der Waals surface area contributed by atoms with Gasteiger partial charge in [0.25, 0.3) is 0 Å². The van der Waals surface area contributed by atoms with Crippen LogP contribution in [0.15, 0.2) is 46.9 Å². The molecule has 0 spiro atoms. The molecule has 3 aromatic carbocycles. The van der Waals surface area contributed by atoms with Gasteiger partial charge in [0.05, 0.1) is 21.3 Å². The van der Waals surface area contributed by atoms with Crippen molar-refractivity contribution in [3.8, 4) is 34.1 Å². The maximum Gasteiger partial charge on any atom is 0.168 e. The van der Waals surface area contributed by atoms with E-state index in [-0.39, 0.29) is 0 Å². The molecule has 1 heterocycles. The van der Waals surface area contributed by atoms with Crippen molar-refractivity contribution in [1.82, 2.24) is 4.90 Å². The highest BCUT2D eigenvalue weighted by molar-refractivity contribution is 9.10. The fourth-order valence-corrected chi connectivity index (χ4v) is 5.34. The van der Waals surface area contributed by atoms with Crippen molar-refractivity contribution in [2.75, 3.05) is 34.9 Å². The number of halogens is 1. The SMILES string of the molecule is COc1cc2c(cc1OC)-c1c(OC)c(OCc3ccc(Br)cc3)cc3c1[C@H](C2)N(C)CC3. The summed E-state index contributed by atoms with van der Waals surface area (Å²) in [6.45, 7) is 1.49. The standard InChI is InChI=1S/C27H28BrNO4/c1-29-10-9-17-12-24(33-15-16-5-7-19(28)8-6-16)27(32-4)26-20-14-23(31-3)22(30-2)13-18(20)11-21(29)25(17)26/h5-8,12-14,21H,9-11,15H2,1-4H3/t21-/m0/s1. The minimum Gasteiger partial charge on any atom is -0.493 e. The average molecular weight is 510 g/mol. The van der Waals surface area contributed by atoms with Crippen LogP contribution in [0.4, 0.5) is 0 Å². The molecule has 1 atom stereocenters. The van der Waals surface area contributed by atoms with Gasteiger partial charge in [0.15, 0.2) is 23.0 Å². The molecule has 5 rings (SSSR count). The Morgan fingerprint density at radius 2 is 1.61 bits per heavy atom. The van der Waals surface area contributed by atoms with Crippen LogP contribution in [-0.2, 0) is 19.4 Å². The molecule has 0 saturated carbocycles. The molecule has 0 bridgehead atoms. The number of rotatable bonds is 6. The number of nitrogens with zero attached hydrogens (tertiary/aromatic N) is 1. The number of benzene rings is 3. The Hall–Kier alpha value is -2.70. The first kappa shape index (κ1) is 22.1. The maximum absolute atomic E-state index is 6.36. The summed E-state index contributed by atoms with van der Waals surface area (Å²) in [5.74, 6) is 3.02. The van der Waals surface area contributed by atoms with Crippen LogP contribution in [0.3, 0.4) is 0 Å². The van der Waals surface area contributed by atoms with Crippen molar-refractivity contribution in [3.05, 3.63) is 69.2 Å². The summed E-state index contributed by atoms with van der Waals surface area (Å²) in [6, 6.07) is 14.9. The first-order valence-corrected chi connectivity index (χ1v) is 11.9. The van der Waals surface area contributed by atoms with E-state index < -0.39 is 0 Å². The monoisotopic (exact) mass is 509 g/mol. The summed E-state index contributed by atoms with van der Waals surface area (Å²) in [5.41, 5.74) is 7.25. The van der Waals surface area contributed by atoms with Gasteiger partial charge in [-0.2, -0.15) is 0 Å². The molecule has 0 aromatic heterocycles. The van der Waals surface area contributed by atoms with Gasteiger partial charge in [-0.15, -0.1) is 0 Å². The van der Waals surface area contributed by atoms with Gasteiger partial charge in [-0.3, -0.25) is 4.90 Å². The van der Waals surface area contributed by atoms with Crippen LogP contribution >= 0.6 is 15.9 Å². The van der Waals surface area contributed by atoms with Crippen LogP contribution < -0.4 is 18.9 Å². The predicted octanol–water partition coefficient (Wildman–Crippen LogP) is 5.81. The van der Waals surface area contributed by atoms with Gasteiger partial charge >= 0.3 is 0 Å². The van der Waals surface area contributed by atoms with Gasteiger partial charge < -0.3 is 18.9 Å². The first-order valence-electron chi connectivity index (χ1n) is 11.1. The molecule has 1 aliphatic heterocycles. The largest absolute Gasteiger partial charge is 0.493 e. The Labute approximate surface area is 203 Å². The Bertz CT molecular complexity index is 1190. The molecule has 6 heteroatoms. The molecule has 2 aliphatic rings. The van der Waals surface area contributed by atoms with Crippen LogP contribution in [0.2, 0.25) is 0 Å². The van der Waals surface area contributed by atoms with Crippen molar-refractivity contribution >= 4 is 15.9 Å². The Morgan fingerprint density at radius 1 is 0.909 bits per heavy atom. The highest BCUT2D eigenvalue weighted by atomic mass is 79.9. The van der Waals surface area contributed by atoms with Crippen molar-refractivity contribution in [2.24, 2.45) is 0 Å². The van der Waals surface area contributed by atoms with E-state index in [1.165, 1.54) is 16.7 Å².